The molecule has 0 aromatic carbocycles. The topological polar surface area (TPSA) is 65.2 Å². The molecule has 1 aliphatic carbocycles. The summed E-state index contributed by atoms with van der Waals surface area (Å²) in [4.78, 5) is 15.5. The van der Waals surface area contributed by atoms with Crippen molar-refractivity contribution in [3.05, 3.63) is 22.5 Å². The fraction of sp³-hybridized carbons (Fsp3) is 0.400. The van der Waals surface area contributed by atoms with Crippen LogP contribution < -0.4 is 5.73 Å². The van der Waals surface area contributed by atoms with Crippen molar-refractivity contribution >= 4 is 23.3 Å². The molecular formula is C10H11ClN2O2. The minimum absolute atomic E-state index is 0.284. The predicted molar refractivity (Wildman–Crippen MR) is 57.0 cm³/mol. The van der Waals surface area contributed by atoms with E-state index in [-0.39, 0.29) is 5.15 Å². The number of carbonyl (C=O) groups excluding carboxylic acids is 1. The van der Waals surface area contributed by atoms with Gasteiger partial charge in [-0.05, 0) is 18.9 Å². The summed E-state index contributed by atoms with van der Waals surface area (Å²) in [6, 6.07) is 1.44. The molecule has 0 atom stereocenters. The van der Waals surface area contributed by atoms with Crippen molar-refractivity contribution in [2.24, 2.45) is 0 Å². The molecule has 1 heterocycles. The van der Waals surface area contributed by atoms with Crippen LogP contribution in [0, 0.1) is 0 Å². The molecule has 1 aromatic heterocycles. The van der Waals surface area contributed by atoms with Gasteiger partial charge in [0.1, 0.15) is 5.15 Å². The largest absolute Gasteiger partial charge is 0.465 e. The quantitative estimate of drug-likeness (QED) is 0.619. The monoisotopic (exact) mass is 226 g/mol. The standard InChI is InChI=1S/C10H11ClN2O2/c1-15-10(14)6-4-7(11)13-9(8(6)12)5-2-3-5/h4-5H,2-3,12H2,1H3. The van der Waals surface area contributed by atoms with Gasteiger partial charge >= 0.3 is 5.97 Å². The molecule has 4 nitrogen and oxygen atoms in total. The van der Waals surface area contributed by atoms with Gasteiger partial charge in [-0.15, -0.1) is 0 Å². The molecule has 1 aliphatic rings. The van der Waals surface area contributed by atoms with E-state index in [1.807, 2.05) is 0 Å². The zero-order valence-corrected chi connectivity index (χ0v) is 9.04. The second-order valence-corrected chi connectivity index (χ2v) is 3.94. The van der Waals surface area contributed by atoms with Crippen LogP contribution in [0.5, 0.6) is 0 Å². The summed E-state index contributed by atoms with van der Waals surface area (Å²) < 4.78 is 4.62. The second kappa shape index (κ2) is 3.70. The highest BCUT2D eigenvalue weighted by atomic mass is 35.5. The number of esters is 1. The lowest BCUT2D eigenvalue weighted by Gasteiger charge is -2.08. The first-order valence-corrected chi connectivity index (χ1v) is 5.05. The third-order valence-electron chi connectivity index (χ3n) is 2.43. The number of halogens is 1. The maximum absolute atomic E-state index is 11.4. The number of ether oxygens (including phenoxy) is 1. The first-order chi connectivity index (χ1) is 7.13. The smallest absolute Gasteiger partial charge is 0.340 e. The number of methoxy groups -OCH3 is 1. The molecule has 15 heavy (non-hydrogen) atoms. The number of aromatic nitrogens is 1. The van der Waals surface area contributed by atoms with E-state index in [0.717, 1.165) is 18.5 Å². The molecule has 1 saturated carbocycles. The fourth-order valence-corrected chi connectivity index (χ4v) is 1.69. The van der Waals surface area contributed by atoms with Crippen LogP contribution in [0.4, 0.5) is 5.69 Å². The number of anilines is 1. The molecule has 0 unspecified atom stereocenters. The van der Waals surface area contributed by atoms with Crippen LogP contribution >= 0.6 is 11.6 Å². The van der Waals surface area contributed by atoms with Crippen molar-refractivity contribution in [2.45, 2.75) is 18.8 Å². The number of pyridine rings is 1. The molecule has 0 radical (unpaired) electrons. The average Bonchev–Trinajstić information content (AvgIpc) is 3.03. The third kappa shape index (κ3) is 1.90. The van der Waals surface area contributed by atoms with Crippen molar-refractivity contribution in [3.8, 4) is 0 Å². The summed E-state index contributed by atoms with van der Waals surface area (Å²) in [7, 11) is 1.31. The summed E-state index contributed by atoms with van der Waals surface area (Å²) in [5.74, 6) is -0.120. The molecule has 2 N–H and O–H groups in total. The Morgan fingerprint density at radius 2 is 2.33 bits per heavy atom. The Morgan fingerprint density at radius 1 is 1.67 bits per heavy atom. The van der Waals surface area contributed by atoms with Gasteiger partial charge in [0, 0.05) is 5.92 Å². The predicted octanol–water partition coefficient (Wildman–Crippen LogP) is 1.98. The third-order valence-corrected chi connectivity index (χ3v) is 2.62. The minimum Gasteiger partial charge on any atom is -0.465 e. The second-order valence-electron chi connectivity index (χ2n) is 3.56. The Kier molecular flexibility index (Phi) is 2.52. The van der Waals surface area contributed by atoms with Gasteiger partial charge < -0.3 is 10.5 Å². The Balaban J connectivity index is 2.49. The Labute approximate surface area is 92.4 Å². The molecule has 0 spiro atoms. The summed E-state index contributed by atoms with van der Waals surface area (Å²) in [5.41, 5.74) is 7.27. The number of nitrogens with two attached hydrogens (primary N) is 1. The van der Waals surface area contributed by atoms with E-state index < -0.39 is 5.97 Å². The lowest BCUT2D eigenvalue weighted by atomic mass is 10.1. The Morgan fingerprint density at radius 3 is 2.87 bits per heavy atom. The van der Waals surface area contributed by atoms with Crippen LogP contribution in [0.3, 0.4) is 0 Å². The van der Waals surface area contributed by atoms with Crippen molar-refractivity contribution in [2.75, 3.05) is 12.8 Å². The summed E-state index contributed by atoms with van der Waals surface area (Å²) in [5, 5.41) is 0.284. The lowest BCUT2D eigenvalue weighted by Crippen LogP contribution is -2.09. The van der Waals surface area contributed by atoms with Gasteiger partial charge in [-0.1, -0.05) is 11.6 Å². The number of hydrogen-bond donors (Lipinski definition) is 1. The van der Waals surface area contributed by atoms with Gasteiger partial charge in [-0.3, -0.25) is 0 Å². The lowest BCUT2D eigenvalue weighted by molar-refractivity contribution is 0.0601. The van der Waals surface area contributed by atoms with Crippen molar-refractivity contribution in [3.63, 3.8) is 0 Å². The van der Waals surface area contributed by atoms with E-state index in [1.165, 1.54) is 13.2 Å². The van der Waals surface area contributed by atoms with E-state index in [0.29, 0.717) is 17.2 Å². The summed E-state index contributed by atoms with van der Waals surface area (Å²) >= 11 is 5.82. The molecule has 2 rings (SSSR count). The highest BCUT2D eigenvalue weighted by molar-refractivity contribution is 6.30. The van der Waals surface area contributed by atoms with Gasteiger partial charge in [0.2, 0.25) is 0 Å². The zero-order valence-electron chi connectivity index (χ0n) is 8.29. The fourth-order valence-electron chi connectivity index (χ4n) is 1.49. The van der Waals surface area contributed by atoms with E-state index in [2.05, 4.69) is 9.72 Å². The minimum atomic E-state index is -0.473. The van der Waals surface area contributed by atoms with Crippen LogP contribution in [0.15, 0.2) is 6.07 Å². The van der Waals surface area contributed by atoms with Crippen molar-refractivity contribution < 1.29 is 9.53 Å². The van der Waals surface area contributed by atoms with Crippen LogP contribution in [-0.2, 0) is 4.74 Å². The Hall–Kier alpha value is -1.29. The summed E-state index contributed by atoms with van der Waals surface area (Å²) in [6.07, 6.45) is 2.11. The molecular weight excluding hydrogens is 216 g/mol. The molecule has 0 bridgehead atoms. The molecule has 5 heteroatoms. The van der Waals surface area contributed by atoms with E-state index >= 15 is 0 Å². The number of nitrogens with zero attached hydrogens (tertiary/aromatic N) is 1. The van der Waals surface area contributed by atoms with Gasteiger partial charge in [0.05, 0.1) is 24.1 Å². The number of hydrogen-bond acceptors (Lipinski definition) is 4. The van der Waals surface area contributed by atoms with Gasteiger partial charge in [0.25, 0.3) is 0 Å². The normalized spacial score (nSPS) is 15.1. The number of carbonyl (C=O) groups is 1. The van der Waals surface area contributed by atoms with E-state index in [9.17, 15) is 4.79 Å². The molecule has 80 valence electrons. The number of nitrogen functional groups attached to an aromatic ring is 1. The van der Waals surface area contributed by atoms with Crippen LogP contribution in [-0.4, -0.2) is 18.1 Å². The van der Waals surface area contributed by atoms with Crippen LogP contribution in [0.2, 0.25) is 5.15 Å². The Bertz CT molecular complexity index is 416. The molecule has 0 amide bonds. The first-order valence-electron chi connectivity index (χ1n) is 4.67. The molecule has 0 saturated heterocycles. The maximum atomic E-state index is 11.4. The summed E-state index contributed by atoms with van der Waals surface area (Å²) in [6.45, 7) is 0. The molecule has 1 aromatic rings. The average molecular weight is 227 g/mol. The maximum Gasteiger partial charge on any atom is 0.340 e. The van der Waals surface area contributed by atoms with Crippen LogP contribution in [0.1, 0.15) is 34.8 Å². The van der Waals surface area contributed by atoms with E-state index in [1.54, 1.807) is 0 Å². The SMILES string of the molecule is COC(=O)c1cc(Cl)nc(C2CC2)c1N. The van der Waals surface area contributed by atoms with E-state index in [4.69, 9.17) is 17.3 Å². The van der Waals surface area contributed by atoms with Gasteiger partial charge in [-0.2, -0.15) is 0 Å². The van der Waals surface area contributed by atoms with Crippen LogP contribution in [0.25, 0.3) is 0 Å². The molecule has 1 fully saturated rings. The molecule has 0 aliphatic heterocycles. The zero-order chi connectivity index (χ0) is 11.0. The highest BCUT2D eigenvalue weighted by Crippen LogP contribution is 2.42. The highest BCUT2D eigenvalue weighted by Gasteiger charge is 2.29. The van der Waals surface area contributed by atoms with Gasteiger partial charge in [-0.25, -0.2) is 9.78 Å². The van der Waals surface area contributed by atoms with Gasteiger partial charge in [0.15, 0.2) is 0 Å². The number of rotatable bonds is 2. The van der Waals surface area contributed by atoms with Crippen molar-refractivity contribution in [1.29, 1.82) is 0 Å². The first kappa shape index (κ1) is 10.2. The van der Waals surface area contributed by atoms with Crippen molar-refractivity contribution in [1.82, 2.24) is 4.98 Å².